The molecule has 0 amide bonds. The van der Waals surface area contributed by atoms with Gasteiger partial charge in [-0.25, -0.2) is 0 Å². The molecule has 0 aliphatic carbocycles. The zero-order valence-electron chi connectivity index (χ0n) is 13.6. The number of aliphatic carboxylic acids is 1. The molecule has 1 aromatic heterocycles. The first-order valence-electron chi connectivity index (χ1n) is 7.14. The number of hydrogen-bond donors (Lipinski definition) is 2. The Hall–Kier alpha value is -3.17. The minimum atomic E-state index is -1.81. The van der Waals surface area contributed by atoms with Crippen LogP contribution < -0.4 is 10.2 Å². The third kappa shape index (κ3) is 4.08. The van der Waals surface area contributed by atoms with Gasteiger partial charge in [-0.05, 0) is 30.7 Å². The molecule has 6 nitrogen and oxygen atoms in total. The molecule has 0 fully saturated rings. The first-order chi connectivity index (χ1) is 12.2. The fourth-order valence-electron chi connectivity index (χ4n) is 2.09. The van der Waals surface area contributed by atoms with Gasteiger partial charge in [-0.2, -0.15) is 27.6 Å². The van der Waals surface area contributed by atoms with Crippen LogP contribution in [-0.4, -0.2) is 28.9 Å². The number of nitrogens with zero attached hydrogens (tertiary/aromatic N) is 2. The molecule has 0 aliphatic rings. The first-order valence-corrected chi connectivity index (χ1v) is 7.14. The van der Waals surface area contributed by atoms with Gasteiger partial charge in [0.05, 0.1) is 19.2 Å². The summed E-state index contributed by atoms with van der Waals surface area (Å²) >= 11 is 0. The number of aromatic nitrogens is 1. The monoisotopic (exact) mass is 371 g/mol. The average molecular weight is 371 g/mol. The van der Waals surface area contributed by atoms with Gasteiger partial charge < -0.3 is 9.84 Å². The van der Waals surface area contributed by atoms with Crippen molar-refractivity contribution in [1.29, 1.82) is 0 Å². The number of hydrazone groups is 1. The Morgan fingerprint density at radius 1 is 1.23 bits per heavy atom. The summed E-state index contributed by atoms with van der Waals surface area (Å²) in [6.07, 6.45) is -0.318. The van der Waals surface area contributed by atoms with Crippen molar-refractivity contribution in [3.8, 4) is 5.75 Å². The molecule has 0 spiro atoms. The van der Waals surface area contributed by atoms with Crippen LogP contribution in [0.3, 0.4) is 0 Å². The van der Waals surface area contributed by atoms with Crippen molar-refractivity contribution in [3.05, 3.63) is 52.9 Å². The van der Waals surface area contributed by atoms with E-state index in [4.69, 9.17) is 9.84 Å². The summed E-state index contributed by atoms with van der Waals surface area (Å²) in [5.41, 5.74) is 1.73. The van der Waals surface area contributed by atoms with Crippen molar-refractivity contribution in [2.45, 2.75) is 13.3 Å². The minimum Gasteiger partial charge on any atom is -0.496 e. The van der Waals surface area contributed by atoms with Crippen LogP contribution in [0.2, 0.25) is 0 Å². The van der Waals surface area contributed by atoms with Crippen LogP contribution in [0.25, 0.3) is 0 Å². The van der Waals surface area contributed by atoms with Crippen LogP contribution in [0.5, 0.6) is 5.75 Å². The number of benzene rings is 1. The topological polar surface area (TPSA) is 83.8 Å². The summed E-state index contributed by atoms with van der Waals surface area (Å²) in [5, 5.41) is 12.6. The van der Waals surface area contributed by atoms with Gasteiger partial charge in [-0.15, -0.1) is 0 Å². The molecule has 0 saturated heterocycles. The minimum absolute atomic E-state index is 0.177. The quantitative estimate of drug-likeness (QED) is 0.353. The lowest BCUT2D eigenvalue weighted by molar-refractivity contribution is -0.136. The highest BCUT2D eigenvalue weighted by Gasteiger charge is 2.20. The maximum Gasteiger partial charge on any atom is 0.307 e. The highest BCUT2D eigenvalue weighted by Crippen LogP contribution is 2.23. The van der Waals surface area contributed by atoms with Gasteiger partial charge in [0.2, 0.25) is 11.6 Å². The standard InChI is InChI=1S/C16H13F4N3O3/c1-7(8-3-4-10(26-2)9(5-8)6-11(24)25)22-23-14-12(17)15(19)21-16(20)13(14)18/h3-5H,6H2,1-2H3,(H,21,23)(H,24,25)/b22-7-. The lowest BCUT2D eigenvalue weighted by atomic mass is 10.0. The molecule has 10 heteroatoms. The van der Waals surface area contributed by atoms with E-state index in [1.807, 2.05) is 5.43 Å². The van der Waals surface area contributed by atoms with E-state index in [1.165, 1.54) is 32.2 Å². The van der Waals surface area contributed by atoms with E-state index >= 15 is 0 Å². The first kappa shape index (κ1) is 19.2. The van der Waals surface area contributed by atoms with Crippen molar-refractivity contribution < 1.29 is 32.2 Å². The number of hydrogen-bond acceptors (Lipinski definition) is 5. The van der Waals surface area contributed by atoms with Gasteiger partial charge in [0, 0.05) is 5.56 Å². The zero-order chi connectivity index (χ0) is 19.4. The van der Waals surface area contributed by atoms with Gasteiger partial charge in [0.1, 0.15) is 11.4 Å². The number of carboxylic acids is 1. The fourth-order valence-corrected chi connectivity index (χ4v) is 2.09. The van der Waals surface area contributed by atoms with Crippen LogP contribution in [-0.2, 0) is 11.2 Å². The zero-order valence-corrected chi connectivity index (χ0v) is 13.6. The second kappa shape index (κ2) is 7.81. The van der Waals surface area contributed by atoms with Crippen molar-refractivity contribution >= 4 is 17.4 Å². The van der Waals surface area contributed by atoms with E-state index in [0.29, 0.717) is 16.9 Å². The lowest BCUT2D eigenvalue weighted by Gasteiger charge is -2.10. The van der Waals surface area contributed by atoms with Crippen molar-refractivity contribution in [1.82, 2.24) is 4.98 Å². The molecular formula is C16H13F4N3O3. The highest BCUT2D eigenvalue weighted by molar-refractivity contribution is 5.99. The number of halogens is 4. The Morgan fingerprint density at radius 2 is 1.85 bits per heavy atom. The van der Waals surface area contributed by atoms with Crippen molar-refractivity contribution in [2.75, 3.05) is 12.5 Å². The van der Waals surface area contributed by atoms with Crippen LogP contribution >= 0.6 is 0 Å². The summed E-state index contributed by atoms with van der Waals surface area (Å²) < 4.78 is 58.3. The SMILES string of the molecule is COc1ccc(/C(C)=N\Nc2c(F)c(F)nc(F)c2F)cc1CC(=O)O. The number of methoxy groups -OCH3 is 1. The number of nitrogens with one attached hydrogen (secondary N) is 1. The van der Waals surface area contributed by atoms with Crippen LogP contribution in [0, 0.1) is 23.5 Å². The molecular weight excluding hydrogens is 358 g/mol. The number of pyridine rings is 1. The molecule has 0 aliphatic heterocycles. The number of rotatable bonds is 6. The smallest absolute Gasteiger partial charge is 0.307 e. The van der Waals surface area contributed by atoms with Gasteiger partial charge in [-0.3, -0.25) is 10.2 Å². The molecule has 0 radical (unpaired) electrons. The van der Waals surface area contributed by atoms with Gasteiger partial charge >= 0.3 is 5.97 Å². The normalized spacial score (nSPS) is 11.4. The third-order valence-corrected chi connectivity index (χ3v) is 3.37. The molecule has 138 valence electrons. The summed E-state index contributed by atoms with van der Waals surface area (Å²) in [7, 11) is 1.38. The summed E-state index contributed by atoms with van der Waals surface area (Å²) in [6, 6.07) is 4.50. The summed E-state index contributed by atoms with van der Waals surface area (Å²) in [5.74, 6) is -7.81. The number of carboxylic acid groups (broad SMARTS) is 1. The Kier molecular flexibility index (Phi) is 5.75. The average Bonchev–Trinajstić information content (AvgIpc) is 2.59. The fraction of sp³-hybridized carbons (Fsp3) is 0.188. The molecule has 2 N–H and O–H groups in total. The van der Waals surface area contributed by atoms with E-state index in [9.17, 15) is 22.4 Å². The molecule has 2 rings (SSSR count). The van der Waals surface area contributed by atoms with Gasteiger partial charge in [0.15, 0.2) is 0 Å². The van der Waals surface area contributed by atoms with Crippen molar-refractivity contribution in [2.24, 2.45) is 5.10 Å². The predicted molar refractivity (Wildman–Crippen MR) is 84.2 cm³/mol. The second-order valence-corrected chi connectivity index (χ2v) is 5.10. The molecule has 0 atom stereocenters. The molecule has 0 unspecified atom stereocenters. The Labute approximate surface area is 145 Å². The molecule has 1 heterocycles. The lowest BCUT2D eigenvalue weighted by Crippen LogP contribution is -2.08. The highest BCUT2D eigenvalue weighted by atomic mass is 19.2. The molecule has 0 bridgehead atoms. The summed E-state index contributed by atoms with van der Waals surface area (Å²) in [6.45, 7) is 1.45. The molecule has 1 aromatic carbocycles. The van der Waals surface area contributed by atoms with Crippen LogP contribution in [0.4, 0.5) is 23.2 Å². The van der Waals surface area contributed by atoms with Crippen LogP contribution in [0.15, 0.2) is 23.3 Å². The molecule has 2 aromatic rings. The third-order valence-electron chi connectivity index (χ3n) is 3.37. The van der Waals surface area contributed by atoms with Gasteiger partial charge in [0.25, 0.3) is 11.9 Å². The second-order valence-electron chi connectivity index (χ2n) is 5.10. The Balaban J connectivity index is 2.35. The van der Waals surface area contributed by atoms with E-state index < -0.39 is 35.2 Å². The van der Waals surface area contributed by atoms with E-state index in [-0.39, 0.29) is 12.1 Å². The largest absolute Gasteiger partial charge is 0.496 e. The maximum atomic E-state index is 13.5. The van der Waals surface area contributed by atoms with E-state index in [1.54, 1.807) is 0 Å². The van der Waals surface area contributed by atoms with E-state index in [2.05, 4.69) is 10.1 Å². The molecule has 26 heavy (non-hydrogen) atoms. The Morgan fingerprint density at radius 3 is 2.38 bits per heavy atom. The number of carbonyl (C=O) groups is 1. The number of ether oxygens (including phenoxy) is 1. The molecule has 0 saturated carbocycles. The van der Waals surface area contributed by atoms with Gasteiger partial charge in [-0.1, -0.05) is 0 Å². The maximum absolute atomic E-state index is 13.5. The Bertz CT molecular complexity index is 861. The summed E-state index contributed by atoms with van der Waals surface area (Å²) in [4.78, 5) is 13.3. The van der Waals surface area contributed by atoms with E-state index in [0.717, 1.165) is 0 Å². The predicted octanol–water partition coefficient (Wildman–Crippen LogP) is 3.11. The number of anilines is 1. The van der Waals surface area contributed by atoms with Crippen LogP contribution in [0.1, 0.15) is 18.1 Å². The van der Waals surface area contributed by atoms with Crippen molar-refractivity contribution in [3.63, 3.8) is 0 Å².